The molecule has 6 heteroatoms. The van der Waals surface area contributed by atoms with Crippen molar-refractivity contribution in [2.45, 2.75) is 31.4 Å². The topological polar surface area (TPSA) is 85.3 Å². The summed E-state index contributed by atoms with van der Waals surface area (Å²) in [4.78, 5) is 6.35. The Bertz CT molecular complexity index is 1160. The summed E-state index contributed by atoms with van der Waals surface area (Å²) in [5.41, 5.74) is 4.46. The fourth-order valence-corrected chi connectivity index (χ4v) is 4.32. The van der Waals surface area contributed by atoms with Crippen LogP contribution in [-0.2, 0) is 0 Å². The summed E-state index contributed by atoms with van der Waals surface area (Å²) in [5.74, 6) is 7.18. The molecule has 0 unspecified atom stereocenters. The molecule has 3 aromatic rings. The van der Waals surface area contributed by atoms with Crippen LogP contribution < -0.4 is 0 Å². The van der Waals surface area contributed by atoms with Crippen LogP contribution in [0, 0.1) is 23.2 Å². The average Bonchev–Trinajstić information content (AvgIpc) is 3.51. The number of imidazole rings is 1. The first-order chi connectivity index (χ1) is 16.1. The predicted octanol–water partition coefficient (Wildman–Crippen LogP) is 3.50. The van der Waals surface area contributed by atoms with E-state index in [0.29, 0.717) is 18.3 Å². The molecule has 0 saturated carbocycles. The third kappa shape index (κ3) is 5.32. The second-order valence-corrected chi connectivity index (χ2v) is 8.41. The summed E-state index contributed by atoms with van der Waals surface area (Å²) in [7, 11) is 0. The van der Waals surface area contributed by atoms with E-state index in [2.05, 4.69) is 64.2 Å². The first-order valence-electron chi connectivity index (χ1n) is 11.2. The van der Waals surface area contributed by atoms with Gasteiger partial charge in [-0.15, -0.1) is 0 Å². The van der Waals surface area contributed by atoms with Crippen molar-refractivity contribution in [3.05, 3.63) is 77.9 Å². The Labute approximate surface area is 194 Å². The van der Waals surface area contributed by atoms with Crippen molar-refractivity contribution in [2.75, 3.05) is 26.2 Å². The molecule has 0 amide bonds. The highest BCUT2D eigenvalue weighted by Gasteiger charge is 2.23. The van der Waals surface area contributed by atoms with Gasteiger partial charge in [0.2, 0.25) is 0 Å². The molecule has 1 aliphatic heterocycles. The maximum absolute atomic E-state index is 9.85. The molecule has 0 bridgehead atoms. The van der Waals surface area contributed by atoms with Crippen molar-refractivity contribution in [1.82, 2.24) is 14.5 Å². The summed E-state index contributed by atoms with van der Waals surface area (Å²) in [6, 6.07) is 18.5. The molecular formula is C27H28N4O2. The third-order valence-electron chi connectivity index (χ3n) is 6.13. The van der Waals surface area contributed by atoms with Gasteiger partial charge in [-0.1, -0.05) is 48.2 Å². The van der Waals surface area contributed by atoms with Crippen molar-refractivity contribution in [3.63, 3.8) is 0 Å². The van der Waals surface area contributed by atoms with E-state index in [1.165, 1.54) is 5.56 Å². The zero-order valence-corrected chi connectivity index (χ0v) is 18.7. The Morgan fingerprint density at radius 1 is 1.12 bits per heavy atom. The fourth-order valence-electron chi connectivity index (χ4n) is 4.32. The number of nitriles is 1. The lowest BCUT2D eigenvalue weighted by molar-refractivity contribution is 0.176. The van der Waals surface area contributed by atoms with Gasteiger partial charge >= 0.3 is 0 Å². The van der Waals surface area contributed by atoms with Gasteiger partial charge < -0.3 is 14.8 Å². The number of hydrogen-bond donors (Lipinski definition) is 2. The molecule has 6 nitrogen and oxygen atoms in total. The first-order valence-corrected chi connectivity index (χ1v) is 11.2. The second kappa shape index (κ2) is 10.5. The molecule has 0 radical (unpaired) electrons. The molecule has 2 aromatic carbocycles. The Balaban J connectivity index is 1.44. The highest BCUT2D eigenvalue weighted by atomic mass is 16.3. The minimum absolute atomic E-state index is 0.164. The van der Waals surface area contributed by atoms with Gasteiger partial charge in [0.1, 0.15) is 18.0 Å². The lowest BCUT2D eigenvalue weighted by Gasteiger charge is -2.14. The molecule has 1 aromatic heterocycles. The van der Waals surface area contributed by atoms with Crippen LogP contribution in [0.15, 0.2) is 60.9 Å². The smallest absolute Gasteiger partial charge is 0.138 e. The summed E-state index contributed by atoms with van der Waals surface area (Å²) in [5, 5.41) is 28.5. The van der Waals surface area contributed by atoms with Crippen LogP contribution in [0.5, 0.6) is 0 Å². The van der Waals surface area contributed by atoms with Gasteiger partial charge in [-0.25, -0.2) is 4.98 Å². The van der Waals surface area contributed by atoms with E-state index < -0.39 is 12.1 Å². The zero-order chi connectivity index (χ0) is 23.2. The number of hydrogen-bond acceptors (Lipinski definition) is 5. The maximum Gasteiger partial charge on any atom is 0.138 e. The number of likely N-dealkylation sites (tertiary alicyclic amines) is 1. The number of rotatable bonds is 6. The van der Waals surface area contributed by atoms with Gasteiger partial charge in [0.15, 0.2) is 0 Å². The van der Waals surface area contributed by atoms with Crippen molar-refractivity contribution >= 4 is 0 Å². The third-order valence-corrected chi connectivity index (χ3v) is 6.13. The van der Waals surface area contributed by atoms with Crippen LogP contribution in [0.4, 0.5) is 0 Å². The highest BCUT2D eigenvalue weighted by molar-refractivity contribution is 5.64. The number of aliphatic hydroxyl groups is 2. The zero-order valence-electron chi connectivity index (χ0n) is 18.7. The predicted molar refractivity (Wildman–Crippen MR) is 127 cm³/mol. The van der Waals surface area contributed by atoms with E-state index >= 15 is 0 Å². The molecular weight excluding hydrogens is 412 g/mol. The molecule has 2 N–H and O–H groups in total. The SMILES string of the molecule is C[C@H](O)c1nccn1[C@@H](C#Cc1ccc(-c2ccc([C@@H]3CCN(CC#N)C3)cc2)cc1)CO. The lowest BCUT2D eigenvalue weighted by atomic mass is 9.95. The summed E-state index contributed by atoms with van der Waals surface area (Å²) in [6.45, 7) is 3.92. The monoisotopic (exact) mass is 440 g/mol. The number of nitrogens with zero attached hydrogens (tertiary/aromatic N) is 4. The van der Waals surface area contributed by atoms with E-state index in [9.17, 15) is 10.2 Å². The van der Waals surface area contributed by atoms with Gasteiger partial charge in [-0.2, -0.15) is 5.26 Å². The van der Waals surface area contributed by atoms with Gasteiger partial charge in [-0.05, 0) is 54.6 Å². The second-order valence-electron chi connectivity index (χ2n) is 8.41. The van der Waals surface area contributed by atoms with E-state index in [4.69, 9.17) is 5.26 Å². The molecule has 0 aliphatic carbocycles. The number of aliphatic hydroxyl groups excluding tert-OH is 2. The van der Waals surface area contributed by atoms with Gasteiger partial charge in [0.05, 0.1) is 19.2 Å². The highest BCUT2D eigenvalue weighted by Crippen LogP contribution is 2.29. The van der Waals surface area contributed by atoms with Gasteiger partial charge in [0.25, 0.3) is 0 Å². The molecule has 2 heterocycles. The van der Waals surface area contributed by atoms with E-state index in [0.717, 1.165) is 36.2 Å². The summed E-state index contributed by atoms with van der Waals surface area (Å²) < 4.78 is 1.71. The van der Waals surface area contributed by atoms with Crippen molar-refractivity contribution < 1.29 is 10.2 Å². The van der Waals surface area contributed by atoms with Crippen LogP contribution in [0.3, 0.4) is 0 Å². The Kier molecular flexibility index (Phi) is 7.22. The summed E-state index contributed by atoms with van der Waals surface area (Å²) in [6.07, 6.45) is 3.69. The largest absolute Gasteiger partial charge is 0.393 e. The quantitative estimate of drug-likeness (QED) is 0.453. The van der Waals surface area contributed by atoms with Gasteiger partial charge in [0, 0.05) is 24.5 Å². The molecule has 3 atom stereocenters. The number of benzene rings is 2. The van der Waals surface area contributed by atoms with E-state index in [-0.39, 0.29) is 6.61 Å². The van der Waals surface area contributed by atoms with Crippen LogP contribution in [-0.4, -0.2) is 50.9 Å². The van der Waals surface area contributed by atoms with Crippen molar-refractivity contribution in [1.29, 1.82) is 5.26 Å². The molecule has 33 heavy (non-hydrogen) atoms. The molecule has 4 rings (SSSR count). The van der Waals surface area contributed by atoms with E-state index in [1.807, 2.05) is 12.1 Å². The minimum atomic E-state index is -0.730. The van der Waals surface area contributed by atoms with Crippen molar-refractivity contribution in [2.24, 2.45) is 0 Å². The van der Waals surface area contributed by atoms with Crippen LogP contribution in [0.1, 0.15) is 48.4 Å². The van der Waals surface area contributed by atoms with Crippen LogP contribution in [0.25, 0.3) is 11.1 Å². The molecule has 1 aliphatic rings. The first kappa shape index (κ1) is 22.8. The average molecular weight is 441 g/mol. The Hall–Kier alpha value is -3.42. The van der Waals surface area contributed by atoms with Crippen molar-refractivity contribution in [3.8, 4) is 29.0 Å². The molecule has 1 saturated heterocycles. The number of aromatic nitrogens is 2. The van der Waals surface area contributed by atoms with Crippen LogP contribution >= 0.6 is 0 Å². The van der Waals surface area contributed by atoms with Gasteiger partial charge in [-0.3, -0.25) is 4.90 Å². The minimum Gasteiger partial charge on any atom is -0.393 e. The standard InChI is InChI=1S/C27H28N4O2/c1-20(33)27-29-14-17-31(27)26(19-32)11-4-21-2-5-22(6-3-21)23-7-9-24(10-8-23)25-12-15-30(18-25)16-13-28/h2-3,5-10,14,17,20,25-26,32-33H,12,15-16,18-19H2,1H3/t20-,25+,26-/m0/s1. The molecule has 168 valence electrons. The molecule has 0 spiro atoms. The Morgan fingerprint density at radius 3 is 2.45 bits per heavy atom. The Morgan fingerprint density at radius 2 is 1.82 bits per heavy atom. The fraction of sp³-hybridized carbons (Fsp3) is 0.333. The maximum atomic E-state index is 9.85. The van der Waals surface area contributed by atoms with Crippen LogP contribution in [0.2, 0.25) is 0 Å². The lowest BCUT2D eigenvalue weighted by Crippen LogP contribution is -2.20. The van der Waals surface area contributed by atoms with E-state index in [1.54, 1.807) is 23.9 Å². The normalized spacial score (nSPS) is 17.7. The summed E-state index contributed by atoms with van der Waals surface area (Å²) >= 11 is 0. The molecule has 1 fully saturated rings.